The molecule has 1 aliphatic rings. The van der Waals surface area contributed by atoms with E-state index < -0.39 is 11.5 Å². The van der Waals surface area contributed by atoms with E-state index in [1.807, 2.05) is 0 Å². The molecule has 0 spiro atoms. The number of likely N-dealkylation sites (N-methyl/N-ethyl adjacent to an activating group) is 2. The van der Waals surface area contributed by atoms with Crippen LogP contribution in [0.2, 0.25) is 0 Å². The summed E-state index contributed by atoms with van der Waals surface area (Å²) < 4.78 is 0. The molecule has 0 aromatic heterocycles. The second-order valence-corrected chi connectivity index (χ2v) is 5.49. The molecule has 0 saturated carbocycles. The van der Waals surface area contributed by atoms with Gasteiger partial charge in [0.25, 0.3) is 0 Å². The first-order chi connectivity index (χ1) is 8.48. The molecule has 0 amide bonds. The van der Waals surface area contributed by atoms with Crippen molar-refractivity contribution in [1.82, 2.24) is 15.1 Å². The lowest BCUT2D eigenvalue weighted by atomic mass is 9.98. The molecule has 1 fully saturated rings. The molecule has 5 nitrogen and oxygen atoms in total. The maximum absolute atomic E-state index is 11.1. The predicted octanol–water partition coefficient (Wildman–Crippen LogP) is 0.467. The third kappa shape index (κ3) is 4.55. The molecule has 5 heteroatoms. The summed E-state index contributed by atoms with van der Waals surface area (Å²) in [4.78, 5) is 15.8. The zero-order valence-electron chi connectivity index (χ0n) is 11.9. The molecule has 18 heavy (non-hydrogen) atoms. The summed E-state index contributed by atoms with van der Waals surface area (Å²) in [6.45, 7) is 7.09. The summed E-state index contributed by atoms with van der Waals surface area (Å²) in [6.07, 6.45) is 3.26. The number of carboxylic acids is 1. The van der Waals surface area contributed by atoms with E-state index in [4.69, 9.17) is 5.11 Å². The molecule has 0 aromatic rings. The third-order valence-corrected chi connectivity index (χ3v) is 4.01. The van der Waals surface area contributed by atoms with Crippen LogP contribution in [0.15, 0.2) is 0 Å². The van der Waals surface area contributed by atoms with Gasteiger partial charge < -0.3 is 20.2 Å². The van der Waals surface area contributed by atoms with Crippen molar-refractivity contribution in [3.63, 3.8) is 0 Å². The van der Waals surface area contributed by atoms with E-state index in [1.54, 1.807) is 14.0 Å². The van der Waals surface area contributed by atoms with Crippen LogP contribution in [0.3, 0.4) is 0 Å². The fourth-order valence-corrected chi connectivity index (χ4v) is 2.18. The van der Waals surface area contributed by atoms with Gasteiger partial charge in [-0.15, -0.1) is 0 Å². The summed E-state index contributed by atoms with van der Waals surface area (Å²) in [5.74, 6) is -0.780. The average molecular weight is 257 g/mol. The van der Waals surface area contributed by atoms with E-state index in [9.17, 15) is 4.79 Å². The maximum atomic E-state index is 11.1. The topological polar surface area (TPSA) is 55.8 Å². The van der Waals surface area contributed by atoms with E-state index >= 15 is 0 Å². The second-order valence-electron chi connectivity index (χ2n) is 5.49. The second kappa shape index (κ2) is 7.07. The fourth-order valence-electron chi connectivity index (χ4n) is 2.18. The molecule has 1 unspecified atom stereocenters. The number of rotatable bonds is 8. The molecule has 0 bridgehead atoms. The van der Waals surface area contributed by atoms with Gasteiger partial charge in [-0.05, 0) is 53.4 Å². The van der Waals surface area contributed by atoms with Crippen LogP contribution in [0.1, 0.15) is 26.2 Å². The zero-order valence-corrected chi connectivity index (χ0v) is 11.9. The van der Waals surface area contributed by atoms with Crippen molar-refractivity contribution in [1.29, 1.82) is 0 Å². The van der Waals surface area contributed by atoms with Gasteiger partial charge in [0.2, 0.25) is 0 Å². The standard InChI is InChI=1S/C13H27N3O2/c1-13(14-2,12(17)18)6-9-15(3)10-11-16-7-4-5-8-16/h14H,4-11H2,1-3H3,(H,17,18). The Morgan fingerprint density at radius 1 is 1.39 bits per heavy atom. The van der Waals surface area contributed by atoms with E-state index in [1.165, 1.54) is 25.9 Å². The smallest absolute Gasteiger partial charge is 0.323 e. The highest BCUT2D eigenvalue weighted by atomic mass is 16.4. The zero-order chi connectivity index (χ0) is 13.6. The van der Waals surface area contributed by atoms with Crippen LogP contribution < -0.4 is 5.32 Å². The van der Waals surface area contributed by atoms with Gasteiger partial charge in [-0.1, -0.05) is 0 Å². The van der Waals surface area contributed by atoms with Crippen molar-refractivity contribution >= 4 is 5.97 Å². The molecule has 1 saturated heterocycles. The summed E-state index contributed by atoms with van der Waals surface area (Å²) >= 11 is 0. The van der Waals surface area contributed by atoms with Crippen molar-refractivity contribution in [2.75, 3.05) is 46.8 Å². The predicted molar refractivity (Wildman–Crippen MR) is 72.9 cm³/mol. The number of hydrogen-bond donors (Lipinski definition) is 2. The molecule has 1 heterocycles. The molecule has 0 aliphatic carbocycles. The number of hydrogen-bond acceptors (Lipinski definition) is 4. The van der Waals surface area contributed by atoms with Crippen LogP contribution in [-0.4, -0.2) is 73.2 Å². The number of aliphatic carboxylic acids is 1. The average Bonchev–Trinajstić information content (AvgIpc) is 2.86. The van der Waals surface area contributed by atoms with Gasteiger partial charge in [-0.3, -0.25) is 4.79 Å². The molecular weight excluding hydrogens is 230 g/mol. The minimum Gasteiger partial charge on any atom is -0.480 e. The summed E-state index contributed by atoms with van der Waals surface area (Å²) in [7, 11) is 3.77. The highest BCUT2D eigenvalue weighted by molar-refractivity contribution is 5.78. The molecule has 2 N–H and O–H groups in total. The lowest BCUT2D eigenvalue weighted by molar-refractivity contribution is -0.144. The highest BCUT2D eigenvalue weighted by Gasteiger charge is 2.30. The van der Waals surface area contributed by atoms with Crippen LogP contribution in [0.4, 0.5) is 0 Å². The fraction of sp³-hybridized carbons (Fsp3) is 0.923. The van der Waals surface area contributed by atoms with Crippen LogP contribution in [-0.2, 0) is 4.79 Å². The molecular formula is C13H27N3O2. The quantitative estimate of drug-likeness (QED) is 0.662. The van der Waals surface area contributed by atoms with E-state index in [-0.39, 0.29) is 0 Å². The number of likely N-dealkylation sites (tertiary alicyclic amines) is 1. The lowest BCUT2D eigenvalue weighted by Crippen LogP contribution is -2.49. The van der Waals surface area contributed by atoms with Crippen molar-refractivity contribution in [3.8, 4) is 0 Å². The number of carboxylic acid groups (broad SMARTS) is 1. The maximum Gasteiger partial charge on any atom is 0.323 e. The van der Waals surface area contributed by atoms with Crippen LogP contribution in [0.25, 0.3) is 0 Å². The van der Waals surface area contributed by atoms with Crippen LogP contribution in [0.5, 0.6) is 0 Å². The van der Waals surface area contributed by atoms with Gasteiger partial charge in [0.05, 0.1) is 0 Å². The van der Waals surface area contributed by atoms with Gasteiger partial charge in [0, 0.05) is 19.6 Å². The van der Waals surface area contributed by atoms with E-state index in [0.29, 0.717) is 6.42 Å². The summed E-state index contributed by atoms with van der Waals surface area (Å²) in [6, 6.07) is 0. The Hall–Kier alpha value is -0.650. The van der Waals surface area contributed by atoms with Crippen molar-refractivity contribution < 1.29 is 9.90 Å². The van der Waals surface area contributed by atoms with Crippen LogP contribution >= 0.6 is 0 Å². The minimum absolute atomic E-state index is 0.620. The lowest BCUT2D eigenvalue weighted by Gasteiger charge is -2.28. The Balaban J connectivity index is 2.22. The number of nitrogens with one attached hydrogen (secondary N) is 1. The first kappa shape index (κ1) is 15.4. The molecule has 1 aliphatic heterocycles. The SMILES string of the molecule is CNC(C)(CCN(C)CCN1CCCC1)C(=O)O. The largest absolute Gasteiger partial charge is 0.480 e. The van der Waals surface area contributed by atoms with Gasteiger partial charge >= 0.3 is 5.97 Å². The summed E-state index contributed by atoms with van der Waals surface area (Å²) in [5, 5.41) is 12.1. The monoisotopic (exact) mass is 257 g/mol. The first-order valence-corrected chi connectivity index (χ1v) is 6.81. The molecule has 0 aromatic carbocycles. The number of carbonyl (C=O) groups is 1. The minimum atomic E-state index is -0.818. The molecule has 0 radical (unpaired) electrons. The van der Waals surface area contributed by atoms with Crippen LogP contribution in [0, 0.1) is 0 Å². The molecule has 1 rings (SSSR count). The Morgan fingerprint density at radius 2 is 2.00 bits per heavy atom. The Labute approximate surface area is 110 Å². The molecule has 1 atom stereocenters. The first-order valence-electron chi connectivity index (χ1n) is 6.81. The van der Waals surface area contributed by atoms with E-state index in [2.05, 4.69) is 22.2 Å². The van der Waals surface area contributed by atoms with Crippen molar-refractivity contribution in [3.05, 3.63) is 0 Å². The van der Waals surface area contributed by atoms with Gasteiger partial charge in [-0.25, -0.2) is 0 Å². The van der Waals surface area contributed by atoms with Gasteiger partial charge in [0.15, 0.2) is 0 Å². The Bertz CT molecular complexity index is 267. The van der Waals surface area contributed by atoms with Gasteiger partial charge in [0.1, 0.15) is 5.54 Å². The Morgan fingerprint density at radius 3 is 2.50 bits per heavy atom. The normalized spacial score (nSPS) is 20.2. The number of nitrogens with zero attached hydrogens (tertiary/aromatic N) is 2. The third-order valence-electron chi connectivity index (χ3n) is 4.01. The van der Waals surface area contributed by atoms with Crippen molar-refractivity contribution in [2.24, 2.45) is 0 Å². The summed E-state index contributed by atoms with van der Waals surface area (Å²) in [5.41, 5.74) is -0.818. The molecule has 106 valence electrons. The van der Waals surface area contributed by atoms with Crippen molar-refractivity contribution in [2.45, 2.75) is 31.7 Å². The Kier molecular flexibility index (Phi) is 6.05. The van der Waals surface area contributed by atoms with E-state index in [0.717, 1.165) is 19.6 Å². The van der Waals surface area contributed by atoms with Gasteiger partial charge in [-0.2, -0.15) is 0 Å². The highest BCUT2D eigenvalue weighted by Crippen LogP contribution is 2.10.